The minimum absolute atomic E-state index is 0.0416. The van der Waals surface area contributed by atoms with Crippen LogP contribution in [0.15, 0.2) is 46.9 Å². The minimum Gasteiger partial charge on any atom is -0.504 e. The van der Waals surface area contributed by atoms with Crippen LogP contribution in [-0.4, -0.2) is 28.9 Å². The van der Waals surface area contributed by atoms with E-state index in [-0.39, 0.29) is 29.2 Å². The van der Waals surface area contributed by atoms with Gasteiger partial charge >= 0.3 is 0 Å². The fourth-order valence-corrected chi connectivity index (χ4v) is 3.91. The van der Waals surface area contributed by atoms with E-state index in [2.05, 4.69) is 4.90 Å². The molecule has 0 saturated carbocycles. The molecule has 1 N–H and O–H groups in total. The number of hydrogen-bond acceptors (Lipinski definition) is 4. The molecule has 1 aliphatic heterocycles. The molecule has 27 heavy (non-hydrogen) atoms. The number of fused-ring (bicyclic) bond motifs is 1. The fourth-order valence-electron chi connectivity index (χ4n) is 3.91. The Morgan fingerprint density at radius 2 is 1.81 bits per heavy atom. The molecule has 1 fully saturated rings. The highest BCUT2D eigenvalue weighted by molar-refractivity contribution is 5.97. The summed E-state index contributed by atoms with van der Waals surface area (Å²) in [6.45, 7) is 3.26. The maximum absolute atomic E-state index is 13.5. The molecule has 0 radical (unpaired) electrons. The molecule has 5 heteroatoms. The van der Waals surface area contributed by atoms with Gasteiger partial charge in [0.25, 0.3) is 0 Å². The number of Topliss-reactive ketones (excluding diaryl/α,β-unsaturated/α-hetero) is 1. The van der Waals surface area contributed by atoms with Gasteiger partial charge in [0, 0.05) is 17.9 Å². The highest BCUT2D eigenvalue weighted by Crippen LogP contribution is 2.40. The molecular formula is C22H22FNO3. The second-order valence-corrected chi connectivity index (χ2v) is 7.14. The number of piperidine rings is 1. The van der Waals surface area contributed by atoms with Crippen molar-refractivity contribution in [2.45, 2.75) is 32.2 Å². The molecule has 2 heterocycles. The summed E-state index contributed by atoms with van der Waals surface area (Å²) in [6, 6.07) is 11.6. The molecule has 140 valence electrons. The van der Waals surface area contributed by atoms with Crippen molar-refractivity contribution in [3.05, 3.63) is 65.2 Å². The molecule has 0 aliphatic carbocycles. The average Bonchev–Trinajstić information content (AvgIpc) is 3.12. The monoisotopic (exact) mass is 367 g/mol. The van der Waals surface area contributed by atoms with E-state index in [1.807, 2.05) is 12.1 Å². The van der Waals surface area contributed by atoms with Crippen LogP contribution in [0.4, 0.5) is 4.39 Å². The molecule has 1 aromatic heterocycles. The van der Waals surface area contributed by atoms with Crippen LogP contribution in [0, 0.1) is 5.82 Å². The number of furan rings is 1. The zero-order valence-electron chi connectivity index (χ0n) is 15.2. The Balaban J connectivity index is 1.84. The van der Waals surface area contributed by atoms with Gasteiger partial charge < -0.3 is 9.52 Å². The first-order valence-electron chi connectivity index (χ1n) is 9.30. The normalized spacial score (nSPS) is 16.5. The molecular weight excluding hydrogens is 345 g/mol. The Morgan fingerprint density at radius 1 is 1.11 bits per heavy atom. The molecule has 0 amide bonds. The Bertz CT molecular complexity index is 971. The van der Waals surface area contributed by atoms with E-state index in [1.54, 1.807) is 18.2 Å². The fraction of sp³-hybridized carbons (Fsp3) is 0.318. The van der Waals surface area contributed by atoms with Crippen LogP contribution in [-0.2, 0) is 0 Å². The van der Waals surface area contributed by atoms with Crippen LogP contribution < -0.4 is 0 Å². The van der Waals surface area contributed by atoms with Crippen molar-refractivity contribution in [2.75, 3.05) is 13.1 Å². The molecule has 1 unspecified atom stereocenters. The summed E-state index contributed by atoms with van der Waals surface area (Å²) in [4.78, 5) is 13.9. The average molecular weight is 367 g/mol. The van der Waals surface area contributed by atoms with Crippen LogP contribution in [0.25, 0.3) is 11.0 Å². The van der Waals surface area contributed by atoms with Crippen LogP contribution in [0.5, 0.6) is 5.75 Å². The molecule has 0 spiro atoms. The number of phenols is 1. The Hall–Kier alpha value is -2.66. The maximum atomic E-state index is 13.5. The van der Waals surface area contributed by atoms with Crippen molar-refractivity contribution >= 4 is 16.8 Å². The number of rotatable bonds is 4. The number of ketones is 1. The van der Waals surface area contributed by atoms with E-state index in [1.165, 1.54) is 25.5 Å². The van der Waals surface area contributed by atoms with Crippen molar-refractivity contribution < 1.29 is 18.7 Å². The van der Waals surface area contributed by atoms with Gasteiger partial charge in [-0.15, -0.1) is 0 Å². The second-order valence-electron chi connectivity index (χ2n) is 7.14. The smallest absolute Gasteiger partial charge is 0.194 e. The van der Waals surface area contributed by atoms with E-state index in [9.17, 15) is 14.3 Å². The van der Waals surface area contributed by atoms with Crippen molar-refractivity contribution in [3.63, 3.8) is 0 Å². The molecule has 0 bridgehead atoms. The van der Waals surface area contributed by atoms with Crippen molar-refractivity contribution in [2.24, 2.45) is 0 Å². The van der Waals surface area contributed by atoms with E-state index in [4.69, 9.17) is 4.42 Å². The number of benzene rings is 2. The molecule has 2 aromatic carbocycles. The van der Waals surface area contributed by atoms with E-state index in [0.29, 0.717) is 16.5 Å². The third-order valence-corrected chi connectivity index (χ3v) is 5.27. The molecule has 1 atom stereocenters. The highest BCUT2D eigenvalue weighted by Gasteiger charge is 2.28. The highest BCUT2D eigenvalue weighted by atomic mass is 19.1. The lowest BCUT2D eigenvalue weighted by molar-refractivity contribution is 0.0989. The van der Waals surface area contributed by atoms with Gasteiger partial charge in [0.2, 0.25) is 0 Å². The van der Waals surface area contributed by atoms with Crippen molar-refractivity contribution in [3.8, 4) is 5.75 Å². The van der Waals surface area contributed by atoms with Gasteiger partial charge in [-0.05, 0) is 49.7 Å². The van der Waals surface area contributed by atoms with E-state index < -0.39 is 0 Å². The molecule has 4 nitrogen and oxygen atoms in total. The van der Waals surface area contributed by atoms with Gasteiger partial charge in [0.1, 0.15) is 5.82 Å². The van der Waals surface area contributed by atoms with Gasteiger partial charge in [0.15, 0.2) is 22.9 Å². The predicted molar refractivity (Wildman–Crippen MR) is 102 cm³/mol. The van der Waals surface area contributed by atoms with Crippen LogP contribution in [0.1, 0.15) is 53.9 Å². The van der Waals surface area contributed by atoms with Crippen LogP contribution in [0.2, 0.25) is 0 Å². The predicted octanol–water partition coefficient (Wildman–Crippen LogP) is 5.06. The first-order chi connectivity index (χ1) is 13.0. The Morgan fingerprint density at radius 3 is 2.48 bits per heavy atom. The summed E-state index contributed by atoms with van der Waals surface area (Å²) < 4.78 is 19.1. The zero-order valence-corrected chi connectivity index (χ0v) is 15.2. The topological polar surface area (TPSA) is 53.7 Å². The molecule has 4 rings (SSSR count). The van der Waals surface area contributed by atoms with Crippen molar-refractivity contribution in [1.29, 1.82) is 0 Å². The van der Waals surface area contributed by atoms with Crippen LogP contribution in [0.3, 0.4) is 0 Å². The number of hydrogen-bond donors (Lipinski definition) is 1. The molecule has 1 aliphatic rings. The quantitative estimate of drug-likeness (QED) is 0.655. The number of carbonyl (C=O) groups is 1. The summed E-state index contributed by atoms with van der Waals surface area (Å²) in [7, 11) is 0. The van der Waals surface area contributed by atoms with Gasteiger partial charge in [-0.3, -0.25) is 9.69 Å². The summed E-state index contributed by atoms with van der Waals surface area (Å²) in [5.74, 6) is -0.195. The number of halogens is 1. The second kappa shape index (κ2) is 7.16. The van der Waals surface area contributed by atoms with E-state index >= 15 is 0 Å². The first-order valence-corrected chi connectivity index (χ1v) is 9.30. The summed E-state index contributed by atoms with van der Waals surface area (Å²) in [6.07, 6.45) is 3.38. The van der Waals surface area contributed by atoms with Gasteiger partial charge in [-0.25, -0.2) is 4.39 Å². The summed E-state index contributed by atoms with van der Waals surface area (Å²) in [5, 5.41) is 11.6. The lowest BCUT2D eigenvalue weighted by atomic mass is 9.93. The molecule has 1 saturated heterocycles. The standard InChI is InChI=1S/C22H22FNO3/c1-14(25)19-13-16-7-10-18(21(26)22(16)27-19)20(24-11-3-2-4-12-24)15-5-8-17(23)9-6-15/h5-10,13,20,26H,2-4,11-12H2,1H3. The lowest BCUT2D eigenvalue weighted by Gasteiger charge is -2.35. The van der Waals surface area contributed by atoms with Gasteiger partial charge in [-0.1, -0.05) is 30.7 Å². The maximum Gasteiger partial charge on any atom is 0.194 e. The number of aromatic hydroxyl groups is 1. The van der Waals surface area contributed by atoms with Crippen molar-refractivity contribution in [1.82, 2.24) is 4.90 Å². The summed E-state index contributed by atoms with van der Waals surface area (Å²) in [5.41, 5.74) is 1.95. The summed E-state index contributed by atoms with van der Waals surface area (Å²) >= 11 is 0. The number of phenolic OH excluding ortho intramolecular Hbond substituents is 1. The molecule has 3 aromatic rings. The third-order valence-electron chi connectivity index (χ3n) is 5.27. The Kier molecular flexibility index (Phi) is 4.70. The SMILES string of the molecule is CC(=O)c1cc2ccc(C(c3ccc(F)cc3)N3CCCCC3)c(O)c2o1. The van der Waals surface area contributed by atoms with Crippen LogP contribution >= 0.6 is 0 Å². The van der Waals surface area contributed by atoms with E-state index in [0.717, 1.165) is 31.5 Å². The Labute approximate surface area is 157 Å². The lowest BCUT2D eigenvalue weighted by Crippen LogP contribution is -2.34. The zero-order chi connectivity index (χ0) is 19.0. The third kappa shape index (κ3) is 3.35. The first kappa shape index (κ1) is 17.7. The van der Waals surface area contributed by atoms with Gasteiger partial charge in [0.05, 0.1) is 6.04 Å². The number of nitrogens with zero attached hydrogens (tertiary/aromatic N) is 1. The minimum atomic E-state index is -0.284. The number of likely N-dealkylation sites (tertiary alicyclic amines) is 1. The largest absolute Gasteiger partial charge is 0.504 e. The van der Waals surface area contributed by atoms with Gasteiger partial charge in [-0.2, -0.15) is 0 Å². The number of carbonyl (C=O) groups excluding carboxylic acids is 1.